The molecule has 0 N–H and O–H groups in total. The van der Waals surface area contributed by atoms with Crippen LogP contribution in [0.2, 0.25) is 10.0 Å². The van der Waals surface area contributed by atoms with Crippen LogP contribution < -0.4 is 9.64 Å². The first kappa shape index (κ1) is 20.0. The Morgan fingerprint density at radius 2 is 2.04 bits per heavy atom. The molecule has 0 amide bonds. The van der Waals surface area contributed by atoms with E-state index in [4.69, 9.17) is 27.9 Å². The summed E-state index contributed by atoms with van der Waals surface area (Å²) in [5.74, 6) is 1.27. The first-order chi connectivity index (χ1) is 12.8. The minimum Gasteiger partial charge on any atom is -0.496 e. The van der Waals surface area contributed by atoms with E-state index in [2.05, 4.69) is 49.7 Å². The highest BCUT2D eigenvalue weighted by atomic mass is 35.5. The van der Waals surface area contributed by atoms with Gasteiger partial charge in [0.15, 0.2) is 0 Å². The average Bonchev–Trinajstić information content (AvgIpc) is 2.62. The Bertz CT molecular complexity index is 877. The Morgan fingerprint density at radius 3 is 2.70 bits per heavy atom. The van der Waals surface area contributed by atoms with Gasteiger partial charge in [0.05, 0.1) is 22.8 Å². The van der Waals surface area contributed by atoms with Crippen LogP contribution in [0.3, 0.4) is 0 Å². The first-order valence-electron chi connectivity index (χ1n) is 9.26. The van der Waals surface area contributed by atoms with E-state index in [-0.39, 0.29) is 5.54 Å². The number of methoxy groups -OCH3 is 1. The van der Waals surface area contributed by atoms with Gasteiger partial charge < -0.3 is 9.64 Å². The Labute approximate surface area is 172 Å². The number of fused-ring (bicyclic) bond motifs is 1. The second-order valence-electron chi connectivity index (χ2n) is 7.65. The fourth-order valence-corrected chi connectivity index (χ4v) is 4.48. The lowest BCUT2D eigenvalue weighted by Crippen LogP contribution is -2.48. The Kier molecular flexibility index (Phi) is 5.73. The first-order valence-corrected chi connectivity index (χ1v) is 10.0. The number of nitrogens with zero attached hydrogens (tertiary/aromatic N) is 2. The van der Waals surface area contributed by atoms with Gasteiger partial charge in [0.25, 0.3) is 0 Å². The average molecular weight is 405 g/mol. The maximum Gasteiger partial charge on any atom is 0.129 e. The lowest BCUT2D eigenvalue weighted by Gasteiger charge is -2.47. The highest BCUT2D eigenvalue weighted by Gasteiger charge is 2.36. The Hall–Kier alpha value is -1.71. The number of aliphatic imine (C=N–C) groups is 1. The van der Waals surface area contributed by atoms with Crippen molar-refractivity contribution in [3.63, 3.8) is 0 Å². The van der Waals surface area contributed by atoms with E-state index in [9.17, 15) is 0 Å². The largest absolute Gasteiger partial charge is 0.496 e. The third-order valence-corrected chi connectivity index (χ3v) is 6.14. The molecule has 2 aromatic carbocycles. The van der Waals surface area contributed by atoms with Crippen molar-refractivity contribution in [2.24, 2.45) is 4.99 Å². The second kappa shape index (κ2) is 7.73. The van der Waals surface area contributed by atoms with Crippen molar-refractivity contribution in [2.75, 3.05) is 18.6 Å². The van der Waals surface area contributed by atoms with Gasteiger partial charge in [0.1, 0.15) is 5.75 Å². The van der Waals surface area contributed by atoms with Crippen LogP contribution in [-0.2, 0) is 0 Å². The van der Waals surface area contributed by atoms with Gasteiger partial charge >= 0.3 is 0 Å². The highest BCUT2D eigenvalue weighted by molar-refractivity contribution is 6.43. The van der Waals surface area contributed by atoms with Crippen molar-refractivity contribution in [2.45, 2.75) is 45.6 Å². The minimum atomic E-state index is 0.121. The van der Waals surface area contributed by atoms with Crippen LogP contribution in [0.4, 0.5) is 11.4 Å². The molecule has 0 bridgehead atoms. The number of halogens is 2. The van der Waals surface area contributed by atoms with E-state index < -0.39 is 0 Å². The molecule has 3 rings (SSSR count). The van der Waals surface area contributed by atoms with E-state index in [0.717, 1.165) is 24.3 Å². The van der Waals surface area contributed by atoms with Crippen molar-refractivity contribution in [3.8, 4) is 5.75 Å². The Balaban J connectivity index is 2.07. The quantitative estimate of drug-likeness (QED) is 0.519. The zero-order valence-corrected chi connectivity index (χ0v) is 18.0. The summed E-state index contributed by atoms with van der Waals surface area (Å²) in [5.41, 5.74) is 4.28. The summed E-state index contributed by atoms with van der Waals surface area (Å²) in [5, 5.41) is 0.956. The van der Waals surface area contributed by atoms with E-state index in [1.807, 2.05) is 12.1 Å². The second-order valence-corrected chi connectivity index (χ2v) is 8.43. The Morgan fingerprint density at radius 1 is 1.30 bits per heavy atom. The molecule has 1 aliphatic heterocycles. The standard InChI is InChI=1S/C22H26Cl2N2O/c1-6-26-19-11-20(27-5)15(10-16(19)14(2)12-22(26,3)4)13-25-18-9-7-8-17(23)21(18)24/h7-11,13-14H,6,12H2,1-5H3. The third-order valence-electron chi connectivity index (χ3n) is 5.33. The van der Waals surface area contributed by atoms with Crippen LogP contribution in [0.1, 0.15) is 51.2 Å². The number of rotatable bonds is 4. The van der Waals surface area contributed by atoms with Gasteiger partial charge in [-0.2, -0.15) is 0 Å². The number of hydrogen-bond acceptors (Lipinski definition) is 3. The van der Waals surface area contributed by atoms with E-state index in [1.54, 1.807) is 19.4 Å². The molecule has 0 fully saturated rings. The van der Waals surface area contributed by atoms with Gasteiger partial charge in [0.2, 0.25) is 0 Å². The summed E-state index contributed by atoms with van der Waals surface area (Å²) in [6.07, 6.45) is 2.91. The minimum absolute atomic E-state index is 0.121. The molecule has 0 radical (unpaired) electrons. The van der Waals surface area contributed by atoms with E-state index in [0.29, 0.717) is 21.7 Å². The number of hydrogen-bond donors (Lipinski definition) is 0. The molecular formula is C22H26Cl2N2O. The lowest BCUT2D eigenvalue weighted by atomic mass is 9.79. The van der Waals surface area contributed by atoms with Crippen molar-refractivity contribution < 1.29 is 4.74 Å². The zero-order chi connectivity index (χ0) is 19.8. The summed E-state index contributed by atoms with van der Waals surface area (Å²) in [4.78, 5) is 7.01. The summed E-state index contributed by atoms with van der Waals surface area (Å²) in [7, 11) is 1.69. The summed E-state index contributed by atoms with van der Waals surface area (Å²) in [6.45, 7) is 10.1. The van der Waals surface area contributed by atoms with Crippen molar-refractivity contribution in [3.05, 3.63) is 51.5 Å². The monoisotopic (exact) mass is 404 g/mol. The van der Waals surface area contributed by atoms with E-state index >= 15 is 0 Å². The van der Waals surface area contributed by atoms with Crippen LogP contribution in [0.5, 0.6) is 5.75 Å². The molecule has 0 spiro atoms. The predicted octanol–water partition coefficient (Wildman–Crippen LogP) is 6.86. The van der Waals surface area contributed by atoms with Crippen LogP contribution >= 0.6 is 23.2 Å². The zero-order valence-electron chi connectivity index (χ0n) is 16.5. The van der Waals surface area contributed by atoms with Crippen LogP contribution in [0.25, 0.3) is 0 Å². The van der Waals surface area contributed by atoms with Crippen molar-refractivity contribution in [1.82, 2.24) is 0 Å². The third kappa shape index (κ3) is 3.81. The van der Waals surface area contributed by atoms with E-state index in [1.165, 1.54) is 11.3 Å². The smallest absolute Gasteiger partial charge is 0.129 e. The molecule has 3 nitrogen and oxygen atoms in total. The van der Waals surface area contributed by atoms with Crippen molar-refractivity contribution in [1.29, 1.82) is 0 Å². The van der Waals surface area contributed by atoms with Crippen LogP contribution in [-0.4, -0.2) is 25.4 Å². The lowest BCUT2D eigenvalue weighted by molar-refractivity contribution is 0.377. The predicted molar refractivity (Wildman–Crippen MR) is 117 cm³/mol. The van der Waals surface area contributed by atoms with Gasteiger partial charge in [-0.25, -0.2) is 0 Å². The number of benzene rings is 2. The summed E-state index contributed by atoms with van der Waals surface area (Å²) >= 11 is 12.3. The molecule has 144 valence electrons. The topological polar surface area (TPSA) is 24.8 Å². The van der Waals surface area contributed by atoms with Crippen molar-refractivity contribution >= 4 is 40.8 Å². The highest BCUT2D eigenvalue weighted by Crippen LogP contribution is 2.45. The van der Waals surface area contributed by atoms with Crippen LogP contribution in [0, 0.1) is 0 Å². The molecule has 27 heavy (non-hydrogen) atoms. The SMILES string of the molecule is CCN1c2cc(OC)c(C=Nc3cccc(Cl)c3Cl)cc2C(C)CC1(C)C. The fourth-order valence-electron chi connectivity index (χ4n) is 4.13. The molecule has 2 aromatic rings. The molecule has 1 aliphatic rings. The molecule has 5 heteroatoms. The normalized spacial score (nSPS) is 18.6. The molecule has 0 saturated heterocycles. The molecular weight excluding hydrogens is 379 g/mol. The van der Waals surface area contributed by atoms with Crippen LogP contribution in [0.15, 0.2) is 35.3 Å². The molecule has 1 heterocycles. The maximum atomic E-state index is 6.26. The molecule has 1 atom stereocenters. The maximum absolute atomic E-state index is 6.26. The van der Waals surface area contributed by atoms with Gasteiger partial charge in [-0.3, -0.25) is 4.99 Å². The van der Waals surface area contributed by atoms with Gasteiger partial charge in [-0.1, -0.05) is 36.2 Å². The molecule has 0 aliphatic carbocycles. The molecule has 0 saturated carbocycles. The number of ether oxygens (including phenoxy) is 1. The summed E-state index contributed by atoms with van der Waals surface area (Å²) in [6, 6.07) is 9.77. The molecule has 0 aromatic heterocycles. The van der Waals surface area contributed by atoms with Gasteiger partial charge in [0, 0.05) is 35.6 Å². The van der Waals surface area contributed by atoms with Gasteiger partial charge in [-0.15, -0.1) is 0 Å². The fraction of sp³-hybridized carbons (Fsp3) is 0.409. The van der Waals surface area contributed by atoms with Gasteiger partial charge in [-0.05, 0) is 56.9 Å². The number of anilines is 1. The molecule has 1 unspecified atom stereocenters. The summed E-state index contributed by atoms with van der Waals surface area (Å²) < 4.78 is 5.67.